The number of ether oxygens (including phenoxy) is 4. The monoisotopic (exact) mass is 1320 g/mol. The van der Waals surface area contributed by atoms with Crippen molar-refractivity contribution in [1.82, 2.24) is 0 Å². The zero-order valence-electron chi connectivity index (χ0n) is 58.4. The SMILES string of the molecule is CCCCCCCCCCCCCCCCCCCCCCC(=O)O[C@H](COC(=O)CCCCCCCCCCCCC(C)C)COP(=O)(O)OC[C@@H](O)COP(=O)(O)OC[C@@H](COC(=O)CCCCCCC)OC(=O)CCCCCCCCCCCC(C)C. The number of phosphoric ester groups is 2. The molecule has 0 aromatic rings. The standard InChI is InChI=1S/C71H138O17P2/c1-7-9-11-13-14-15-16-17-18-19-20-21-22-23-24-25-32-37-43-49-55-70(75)88-67(60-82-69(74)54-48-42-36-31-27-26-29-34-40-45-51-63(3)4)62-86-90(79,80)84-58-65(72)57-83-89(77,78)85-61-66(59-81-68(73)53-47-39-12-10-8-2)87-71(76)56-50-44-38-33-28-30-35-41-46-52-64(5)6/h63-67,72H,7-62H2,1-6H3,(H,77,78)(H,79,80)/t65-,66+,67+/m0/s1. The molecule has 0 radical (unpaired) electrons. The van der Waals surface area contributed by atoms with Crippen LogP contribution >= 0.6 is 15.6 Å². The molecule has 0 aliphatic heterocycles. The number of carbonyl (C=O) groups is 4. The highest BCUT2D eigenvalue weighted by atomic mass is 31.2. The summed E-state index contributed by atoms with van der Waals surface area (Å²) in [6.07, 6.45) is 49.1. The van der Waals surface area contributed by atoms with Gasteiger partial charge in [0.05, 0.1) is 26.4 Å². The van der Waals surface area contributed by atoms with E-state index >= 15 is 0 Å². The summed E-state index contributed by atoms with van der Waals surface area (Å²) in [4.78, 5) is 72.3. The number of hydrogen-bond acceptors (Lipinski definition) is 15. The zero-order valence-corrected chi connectivity index (χ0v) is 60.2. The Morgan fingerprint density at radius 3 is 0.756 bits per heavy atom. The number of aliphatic hydroxyl groups is 1. The van der Waals surface area contributed by atoms with E-state index in [-0.39, 0.29) is 25.7 Å². The lowest BCUT2D eigenvalue weighted by atomic mass is 10.0. The van der Waals surface area contributed by atoms with Crippen molar-refractivity contribution in [2.45, 2.75) is 381 Å². The predicted molar refractivity (Wildman–Crippen MR) is 363 cm³/mol. The van der Waals surface area contributed by atoms with Crippen LogP contribution in [0.4, 0.5) is 0 Å². The van der Waals surface area contributed by atoms with Gasteiger partial charge in [0.25, 0.3) is 0 Å². The van der Waals surface area contributed by atoms with Gasteiger partial charge in [0.15, 0.2) is 12.2 Å². The third-order valence-electron chi connectivity index (χ3n) is 16.5. The summed E-state index contributed by atoms with van der Waals surface area (Å²) >= 11 is 0. The Morgan fingerprint density at radius 1 is 0.300 bits per heavy atom. The molecule has 0 aromatic heterocycles. The maximum Gasteiger partial charge on any atom is 0.472 e. The van der Waals surface area contributed by atoms with Gasteiger partial charge < -0.3 is 33.8 Å². The average Bonchev–Trinajstić information content (AvgIpc) is 3.66. The molecule has 0 aliphatic carbocycles. The molecule has 0 amide bonds. The topological polar surface area (TPSA) is 237 Å². The van der Waals surface area contributed by atoms with Crippen LogP contribution in [0.1, 0.15) is 363 Å². The van der Waals surface area contributed by atoms with Crippen LogP contribution in [0, 0.1) is 11.8 Å². The lowest BCUT2D eigenvalue weighted by molar-refractivity contribution is -0.161. The molecule has 19 heteroatoms. The molecule has 0 spiro atoms. The molecule has 0 aromatic carbocycles. The molecule has 2 unspecified atom stereocenters. The van der Waals surface area contributed by atoms with Gasteiger partial charge >= 0.3 is 39.5 Å². The minimum absolute atomic E-state index is 0.104. The van der Waals surface area contributed by atoms with Gasteiger partial charge in [-0.3, -0.25) is 37.3 Å². The van der Waals surface area contributed by atoms with Crippen LogP contribution in [0.25, 0.3) is 0 Å². The fraction of sp³-hybridized carbons (Fsp3) is 0.944. The van der Waals surface area contributed by atoms with Gasteiger partial charge in [-0.15, -0.1) is 0 Å². The Morgan fingerprint density at radius 2 is 0.511 bits per heavy atom. The van der Waals surface area contributed by atoms with Crippen molar-refractivity contribution >= 4 is 39.5 Å². The zero-order chi connectivity index (χ0) is 66.5. The van der Waals surface area contributed by atoms with E-state index in [1.807, 2.05) is 0 Å². The largest absolute Gasteiger partial charge is 0.472 e. The molecule has 0 saturated heterocycles. The summed E-state index contributed by atoms with van der Waals surface area (Å²) in [5, 5.41) is 10.6. The summed E-state index contributed by atoms with van der Waals surface area (Å²) < 4.78 is 68.1. The van der Waals surface area contributed by atoms with Crippen molar-refractivity contribution in [3.05, 3.63) is 0 Å². The van der Waals surface area contributed by atoms with Gasteiger partial charge in [0.1, 0.15) is 19.3 Å². The van der Waals surface area contributed by atoms with Gasteiger partial charge in [-0.2, -0.15) is 0 Å². The van der Waals surface area contributed by atoms with Crippen molar-refractivity contribution in [1.29, 1.82) is 0 Å². The average molecular weight is 1330 g/mol. The first-order chi connectivity index (χ1) is 43.4. The first-order valence-electron chi connectivity index (χ1n) is 37.0. The van der Waals surface area contributed by atoms with E-state index in [9.17, 15) is 43.2 Å². The molecule has 17 nitrogen and oxygen atoms in total. The summed E-state index contributed by atoms with van der Waals surface area (Å²) in [5.74, 6) is -0.640. The van der Waals surface area contributed by atoms with Gasteiger partial charge in [0, 0.05) is 25.7 Å². The molecule has 0 rings (SSSR count). The maximum atomic E-state index is 13.0. The van der Waals surface area contributed by atoms with E-state index in [0.29, 0.717) is 25.7 Å². The Kier molecular flexibility index (Phi) is 61.8. The van der Waals surface area contributed by atoms with Crippen LogP contribution in [0.15, 0.2) is 0 Å². The van der Waals surface area contributed by atoms with E-state index in [1.54, 1.807) is 0 Å². The highest BCUT2D eigenvalue weighted by Gasteiger charge is 2.30. The van der Waals surface area contributed by atoms with Crippen LogP contribution in [0.2, 0.25) is 0 Å². The summed E-state index contributed by atoms with van der Waals surface area (Å²) in [6.45, 7) is 9.43. The Balaban J connectivity index is 5.13. The first-order valence-corrected chi connectivity index (χ1v) is 40.0. The molecule has 90 heavy (non-hydrogen) atoms. The summed E-state index contributed by atoms with van der Waals surface area (Å²) in [6, 6.07) is 0. The lowest BCUT2D eigenvalue weighted by Gasteiger charge is -2.21. The van der Waals surface area contributed by atoms with Crippen molar-refractivity contribution in [3.8, 4) is 0 Å². The maximum absolute atomic E-state index is 13.0. The second kappa shape index (κ2) is 63.1. The lowest BCUT2D eigenvalue weighted by Crippen LogP contribution is -2.30. The van der Waals surface area contributed by atoms with E-state index in [4.69, 9.17) is 37.0 Å². The van der Waals surface area contributed by atoms with Gasteiger partial charge in [0.2, 0.25) is 0 Å². The van der Waals surface area contributed by atoms with Crippen molar-refractivity contribution in [2.24, 2.45) is 11.8 Å². The number of rotatable bonds is 70. The highest BCUT2D eigenvalue weighted by molar-refractivity contribution is 7.47. The molecular formula is C71H138O17P2. The minimum atomic E-state index is -4.95. The second-order valence-corrected chi connectivity index (χ2v) is 29.5. The predicted octanol–water partition coefficient (Wildman–Crippen LogP) is 20.4. The summed E-state index contributed by atoms with van der Waals surface area (Å²) in [7, 11) is -9.89. The molecular weight excluding hydrogens is 1190 g/mol. The third-order valence-corrected chi connectivity index (χ3v) is 18.4. The number of phosphoric acid groups is 2. The quantitative estimate of drug-likeness (QED) is 0.0222. The smallest absolute Gasteiger partial charge is 0.462 e. The minimum Gasteiger partial charge on any atom is -0.462 e. The molecule has 0 aliphatic rings. The van der Waals surface area contributed by atoms with Crippen molar-refractivity contribution in [3.63, 3.8) is 0 Å². The summed E-state index contributed by atoms with van der Waals surface area (Å²) in [5.41, 5.74) is 0. The third kappa shape index (κ3) is 64.8. The van der Waals surface area contributed by atoms with E-state index < -0.39 is 97.5 Å². The second-order valence-electron chi connectivity index (χ2n) is 26.6. The number of esters is 4. The first kappa shape index (κ1) is 88.1. The van der Waals surface area contributed by atoms with Crippen LogP contribution in [-0.4, -0.2) is 96.7 Å². The fourth-order valence-electron chi connectivity index (χ4n) is 10.8. The van der Waals surface area contributed by atoms with E-state index in [0.717, 1.165) is 108 Å². The molecule has 3 N–H and O–H groups in total. The number of aliphatic hydroxyl groups excluding tert-OH is 1. The van der Waals surface area contributed by atoms with Crippen LogP contribution in [-0.2, 0) is 65.4 Å². The Hall–Kier alpha value is -1.94. The highest BCUT2D eigenvalue weighted by Crippen LogP contribution is 2.45. The van der Waals surface area contributed by atoms with Crippen LogP contribution < -0.4 is 0 Å². The molecule has 0 heterocycles. The Labute approximate surface area is 549 Å². The number of carbonyl (C=O) groups excluding carboxylic acids is 4. The van der Waals surface area contributed by atoms with Crippen LogP contribution in [0.5, 0.6) is 0 Å². The van der Waals surface area contributed by atoms with Crippen molar-refractivity contribution in [2.75, 3.05) is 39.6 Å². The molecule has 0 saturated carbocycles. The van der Waals surface area contributed by atoms with Gasteiger partial charge in [-0.1, -0.05) is 311 Å². The normalized spacial score (nSPS) is 14.1. The Bertz CT molecular complexity index is 1750. The molecule has 0 bridgehead atoms. The van der Waals surface area contributed by atoms with E-state index in [1.165, 1.54) is 173 Å². The molecule has 5 atom stereocenters. The number of hydrogen-bond donors (Lipinski definition) is 3. The van der Waals surface area contributed by atoms with Gasteiger partial charge in [-0.25, -0.2) is 9.13 Å². The fourth-order valence-corrected chi connectivity index (χ4v) is 12.3. The van der Waals surface area contributed by atoms with Crippen molar-refractivity contribution < 1.29 is 80.2 Å². The number of unbranched alkanes of at least 4 members (excludes halogenated alkanes) is 40. The van der Waals surface area contributed by atoms with Gasteiger partial charge in [-0.05, 0) is 37.5 Å². The molecule has 0 fully saturated rings. The van der Waals surface area contributed by atoms with Crippen LogP contribution in [0.3, 0.4) is 0 Å². The molecule has 534 valence electrons. The van der Waals surface area contributed by atoms with E-state index in [2.05, 4.69) is 41.5 Å².